The number of hydrogen-bond acceptors (Lipinski definition) is 6. The number of thioether (sulfide) groups is 1. The normalized spacial score (nSPS) is 17.5. The molecule has 3 rings (SSSR count). The first-order chi connectivity index (χ1) is 12.1. The third-order valence-electron chi connectivity index (χ3n) is 3.98. The molecule has 1 aliphatic heterocycles. The van der Waals surface area contributed by atoms with Gasteiger partial charge in [0.2, 0.25) is 11.8 Å². The van der Waals surface area contributed by atoms with E-state index in [4.69, 9.17) is 10.2 Å². The molecule has 1 fully saturated rings. The topological polar surface area (TPSA) is 102 Å². The first kappa shape index (κ1) is 17.4. The average molecular weight is 364 g/mol. The zero-order chi connectivity index (χ0) is 17.8. The number of piperidine rings is 1. The van der Waals surface area contributed by atoms with E-state index in [1.807, 2.05) is 0 Å². The Morgan fingerprint density at radius 3 is 2.88 bits per heavy atom. The summed E-state index contributed by atoms with van der Waals surface area (Å²) in [5, 5.41) is 7.79. The summed E-state index contributed by atoms with van der Waals surface area (Å²) < 4.78 is 19.1. The van der Waals surface area contributed by atoms with Gasteiger partial charge in [0.15, 0.2) is 0 Å². The van der Waals surface area contributed by atoms with Crippen LogP contribution < -0.4 is 5.73 Å². The quantitative estimate of drug-likeness (QED) is 0.812. The first-order valence-electron chi connectivity index (χ1n) is 7.86. The Labute approximate surface area is 147 Å². The number of amides is 2. The van der Waals surface area contributed by atoms with Crippen LogP contribution in [0, 0.1) is 5.82 Å². The largest absolute Gasteiger partial charge is 0.411 e. The van der Waals surface area contributed by atoms with E-state index in [1.54, 1.807) is 12.1 Å². The molecule has 0 unspecified atom stereocenters. The zero-order valence-electron chi connectivity index (χ0n) is 13.4. The van der Waals surface area contributed by atoms with Crippen LogP contribution in [0.3, 0.4) is 0 Å². The predicted octanol–water partition coefficient (Wildman–Crippen LogP) is 1.83. The fraction of sp³-hybridized carbons (Fsp3) is 0.375. The standard InChI is InChI=1S/C16H17FN4O3S/c17-11-6-2-1-5-10(11)15-19-20-16(24-15)25-9-13(22)21-8-4-3-7-12(21)14(18)23/h1-2,5-6,12H,3-4,7-9H2,(H2,18,23)/t12-/m0/s1. The van der Waals surface area contributed by atoms with Crippen LogP contribution in [0.4, 0.5) is 4.39 Å². The Morgan fingerprint density at radius 1 is 1.32 bits per heavy atom. The Hall–Kier alpha value is -2.42. The minimum absolute atomic E-state index is 0.0443. The molecule has 2 amide bonds. The summed E-state index contributed by atoms with van der Waals surface area (Å²) in [6, 6.07) is 5.51. The number of halogens is 1. The number of benzene rings is 1. The molecule has 0 radical (unpaired) electrons. The van der Waals surface area contributed by atoms with Gasteiger partial charge in [-0.25, -0.2) is 4.39 Å². The van der Waals surface area contributed by atoms with Gasteiger partial charge < -0.3 is 15.1 Å². The van der Waals surface area contributed by atoms with E-state index >= 15 is 0 Å². The third-order valence-corrected chi connectivity index (χ3v) is 4.78. The number of carbonyl (C=O) groups is 2. The highest BCUT2D eigenvalue weighted by molar-refractivity contribution is 7.99. The minimum Gasteiger partial charge on any atom is -0.411 e. The van der Waals surface area contributed by atoms with Crippen LogP contribution >= 0.6 is 11.8 Å². The van der Waals surface area contributed by atoms with E-state index < -0.39 is 17.8 Å². The number of carbonyl (C=O) groups excluding carboxylic acids is 2. The highest BCUT2D eigenvalue weighted by Crippen LogP contribution is 2.26. The molecule has 2 heterocycles. The van der Waals surface area contributed by atoms with E-state index in [0.29, 0.717) is 13.0 Å². The second-order valence-electron chi connectivity index (χ2n) is 5.64. The van der Waals surface area contributed by atoms with E-state index in [9.17, 15) is 14.0 Å². The average Bonchev–Trinajstić information content (AvgIpc) is 3.08. The molecule has 0 saturated carbocycles. The summed E-state index contributed by atoms with van der Waals surface area (Å²) in [6.45, 7) is 0.511. The van der Waals surface area contributed by atoms with E-state index in [0.717, 1.165) is 24.6 Å². The molecule has 132 valence electrons. The lowest BCUT2D eigenvalue weighted by atomic mass is 10.0. The molecular weight excluding hydrogens is 347 g/mol. The molecule has 1 aliphatic rings. The number of primary amides is 1. The molecule has 1 saturated heterocycles. The van der Waals surface area contributed by atoms with Crippen molar-refractivity contribution in [2.75, 3.05) is 12.3 Å². The van der Waals surface area contributed by atoms with Crippen molar-refractivity contribution in [3.8, 4) is 11.5 Å². The van der Waals surface area contributed by atoms with Gasteiger partial charge in [-0.2, -0.15) is 0 Å². The minimum atomic E-state index is -0.557. The van der Waals surface area contributed by atoms with Gasteiger partial charge in [0.1, 0.15) is 11.9 Å². The molecular formula is C16H17FN4O3S. The van der Waals surface area contributed by atoms with Crippen LogP contribution in [0.2, 0.25) is 0 Å². The molecule has 1 aromatic heterocycles. The number of rotatable bonds is 5. The van der Waals surface area contributed by atoms with Crippen molar-refractivity contribution in [3.05, 3.63) is 30.1 Å². The number of aromatic nitrogens is 2. The van der Waals surface area contributed by atoms with Crippen LogP contribution in [0.1, 0.15) is 19.3 Å². The maximum atomic E-state index is 13.7. The van der Waals surface area contributed by atoms with Gasteiger partial charge in [-0.15, -0.1) is 10.2 Å². The Kier molecular flexibility index (Phi) is 5.32. The molecule has 1 aromatic carbocycles. The third kappa shape index (κ3) is 3.98. The van der Waals surface area contributed by atoms with Crippen molar-refractivity contribution in [3.63, 3.8) is 0 Å². The summed E-state index contributed by atoms with van der Waals surface area (Å²) in [7, 11) is 0. The fourth-order valence-electron chi connectivity index (χ4n) is 2.74. The number of nitrogens with two attached hydrogens (primary N) is 1. The van der Waals surface area contributed by atoms with Crippen molar-refractivity contribution < 1.29 is 18.4 Å². The fourth-order valence-corrected chi connectivity index (χ4v) is 3.39. The van der Waals surface area contributed by atoms with Gasteiger partial charge in [0.25, 0.3) is 11.1 Å². The summed E-state index contributed by atoms with van der Waals surface area (Å²) in [5.41, 5.74) is 5.58. The van der Waals surface area contributed by atoms with E-state index in [-0.39, 0.29) is 28.3 Å². The summed E-state index contributed by atoms with van der Waals surface area (Å²) >= 11 is 1.05. The first-order valence-corrected chi connectivity index (χ1v) is 8.85. The Balaban J connectivity index is 1.63. The Bertz CT molecular complexity index is 782. The lowest BCUT2D eigenvalue weighted by Gasteiger charge is -2.33. The van der Waals surface area contributed by atoms with Crippen LogP contribution in [0.15, 0.2) is 33.9 Å². The van der Waals surface area contributed by atoms with Crippen LogP contribution in [0.25, 0.3) is 11.5 Å². The van der Waals surface area contributed by atoms with Crippen molar-refractivity contribution in [2.24, 2.45) is 5.73 Å². The summed E-state index contributed by atoms with van der Waals surface area (Å²) in [6.07, 6.45) is 2.31. The van der Waals surface area contributed by atoms with Gasteiger partial charge in [-0.05, 0) is 31.4 Å². The molecule has 0 spiro atoms. The highest BCUT2D eigenvalue weighted by atomic mass is 32.2. The lowest BCUT2D eigenvalue weighted by molar-refractivity contribution is -0.138. The monoisotopic (exact) mass is 364 g/mol. The van der Waals surface area contributed by atoms with Gasteiger partial charge in [0, 0.05) is 6.54 Å². The second kappa shape index (κ2) is 7.64. The van der Waals surface area contributed by atoms with Crippen LogP contribution in [0.5, 0.6) is 0 Å². The maximum Gasteiger partial charge on any atom is 0.277 e. The molecule has 0 aliphatic carbocycles. The maximum absolute atomic E-state index is 13.7. The molecule has 7 nitrogen and oxygen atoms in total. The van der Waals surface area contributed by atoms with Crippen LogP contribution in [-0.2, 0) is 9.59 Å². The molecule has 2 aromatic rings. The smallest absolute Gasteiger partial charge is 0.277 e. The van der Waals surface area contributed by atoms with Crippen molar-refractivity contribution >= 4 is 23.6 Å². The van der Waals surface area contributed by atoms with Gasteiger partial charge in [-0.1, -0.05) is 23.9 Å². The van der Waals surface area contributed by atoms with Gasteiger partial charge >= 0.3 is 0 Å². The second-order valence-corrected chi connectivity index (χ2v) is 6.57. The molecule has 9 heteroatoms. The summed E-state index contributed by atoms with van der Waals surface area (Å²) in [4.78, 5) is 25.4. The molecule has 0 bridgehead atoms. The number of likely N-dealkylation sites (tertiary alicyclic amines) is 1. The van der Waals surface area contributed by atoms with E-state index in [2.05, 4.69) is 10.2 Å². The van der Waals surface area contributed by atoms with Gasteiger partial charge in [0.05, 0.1) is 11.3 Å². The van der Waals surface area contributed by atoms with Crippen LogP contribution in [-0.4, -0.2) is 45.3 Å². The molecule has 2 N–H and O–H groups in total. The SMILES string of the molecule is NC(=O)[C@@H]1CCCCN1C(=O)CSc1nnc(-c2ccccc2F)o1. The molecule has 25 heavy (non-hydrogen) atoms. The molecule has 1 atom stereocenters. The van der Waals surface area contributed by atoms with Crippen molar-refractivity contribution in [1.29, 1.82) is 0 Å². The zero-order valence-corrected chi connectivity index (χ0v) is 14.2. The number of hydrogen-bond donors (Lipinski definition) is 1. The predicted molar refractivity (Wildman–Crippen MR) is 89.0 cm³/mol. The van der Waals surface area contributed by atoms with Crippen molar-refractivity contribution in [1.82, 2.24) is 15.1 Å². The lowest BCUT2D eigenvalue weighted by Crippen LogP contribution is -2.51. The summed E-state index contributed by atoms with van der Waals surface area (Å²) in [5.74, 6) is -1.06. The Morgan fingerprint density at radius 2 is 2.12 bits per heavy atom. The van der Waals surface area contributed by atoms with E-state index in [1.165, 1.54) is 17.0 Å². The number of nitrogens with zero attached hydrogens (tertiary/aromatic N) is 3. The van der Waals surface area contributed by atoms with Gasteiger partial charge in [-0.3, -0.25) is 9.59 Å². The van der Waals surface area contributed by atoms with Crippen molar-refractivity contribution in [2.45, 2.75) is 30.5 Å². The highest BCUT2D eigenvalue weighted by Gasteiger charge is 2.30.